The van der Waals surface area contributed by atoms with Crippen LogP contribution in [0.15, 0.2) is 30.5 Å². The number of hydrogen-bond acceptors (Lipinski definition) is 3. The molecule has 1 N–H and O–H groups in total. The average Bonchev–Trinajstić information content (AvgIpc) is 3.15. The first-order valence-corrected chi connectivity index (χ1v) is 10.1. The van der Waals surface area contributed by atoms with Crippen LogP contribution in [0.25, 0.3) is 10.9 Å². The number of nitrogens with one attached hydrogen (secondary N) is 1. The molecule has 2 aromatic rings. The number of H-pyrrole nitrogens is 1. The van der Waals surface area contributed by atoms with Crippen molar-refractivity contribution in [3.8, 4) is 0 Å². The maximum Gasteiger partial charge on any atom is 0.253 e. The first-order chi connectivity index (χ1) is 12.2. The SMILES string of the molecule is O=C(c1ccc2cc[nH]c2c1)N1CCCC(C(=O)N2CCSCC2)C1. The molecule has 2 fully saturated rings. The molecule has 0 radical (unpaired) electrons. The van der Waals surface area contributed by atoms with Gasteiger partial charge in [0.2, 0.25) is 5.91 Å². The van der Waals surface area contributed by atoms with Gasteiger partial charge in [0, 0.05) is 55.0 Å². The highest BCUT2D eigenvalue weighted by Gasteiger charge is 2.32. The van der Waals surface area contributed by atoms with Crippen LogP contribution in [-0.2, 0) is 4.79 Å². The van der Waals surface area contributed by atoms with Gasteiger partial charge in [0.05, 0.1) is 5.92 Å². The highest BCUT2D eigenvalue weighted by atomic mass is 32.2. The minimum absolute atomic E-state index is 0.0307. The lowest BCUT2D eigenvalue weighted by molar-refractivity contribution is -0.136. The average molecular weight is 357 g/mol. The number of carbonyl (C=O) groups excluding carboxylic acids is 2. The lowest BCUT2D eigenvalue weighted by Crippen LogP contribution is -2.48. The molecular weight excluding hydrogens is 334 g/mol. The Labute approximate surface area is 151 Å². The van der Waals surface area contributed by atoms with Crippen molar-refractivity contribution in [2.75, 3.05) is 37.7 Å². The zero-order valence-electron chi connectivity index (χ0n) is 14.2. The van der Waals surface area contributed by atoms with Gasteiger partial charge < -0.3 is 14.8 Å². The number of carbonyl (C=O) groups is 2. The lowest BCUT2D eigenvalue weighted by Gasteiger charge is -2.36. The van der Waals surface area contributed by atoms with Crippen LogP contribution in [0, 0.1) is 5.92 Å². The highest BCUT2D eigenvalue weighted by Crippen LogP contribution is 2.23. The number of amides is 2. The molecular formula is C19H23N3O2S. The van der Waals surface area contributed by atoms with Gasteiger partial charge in [-0.25, -0.2) is 0 Å². The Morgan fingerprint density at radius 2 is 1.92 bits per heavy atom. The molecule has 1 aromatic heterocycles. The molecule has 0 bridgehead atoms. The summed E-state index contributed by atoms with van der Waals surface area (Å²) in [4.78, 5) is 32.7. The number of aromatic nitrogens is 1. The van der Waals surface area contributed by atoms with Gasteiger partial charge in [-0.1, -0.05) is 6.07 Å². The van der Waals surface area contributed by atoms with E-state index in [4.69, 9.17) is 0 Å². The van der Waals surface area contributed by atoms with E-state index in [2.05, 4.69) is 4.98 Å². The predicted molar refractivity (Wildman–Crippen MR) is 101 cm³/mol. The molecule has 0 saturated carbocycles. The van der Waals surface area contributed by atoms with Gasteiger partial charge in [0.25, 0.3) is 5.91 Å². The summed E-state index contributed by atoms with van der Waals surface area (Å²) in [5, 5.41) is 1.10. The topological polar surface area (TPSA) is 56.4 Å². The summed E-state index contributed by atoms with van der Waals surface area (Å²) in [6.45, 7) is 2.97. The van der Waals surface area contributed by atoms with Crippen molar-refractivity contribution in [1.82, 2.24) is 14.8 Å². The van der Waals surface area contributed by atoms with Crippen molar-refractivity contribution >= 4 is 34.5 Å². The van der Waals surface area contributed by atoms with Crippen LogP contribution in [0.1, 0.15) is 23.2 Å². The van der Waals surface area contributed by atoms with Gasteiger partial charge in [-0.05, 0) is 36.4 Å². The summed E-state index contributed by atoms with van der Waals surface area (Å²) in [5.74, 6) is 2.27. The summed E-state index contributed by atoms with van der Waals surface area (Å²) in [7, 11) is 0. The van der Waals surface area contributed by atoms with Crippen LogP contribution < -0.4 is 0 Å². The van der Waals surface area contributed by atoms with E-state index in [1.165, 1.54) is 0 Å². The Morgan fingerprint density at radius 1 is 1.08 bits per heavy atom. The molecule has 1 aromatic carbocycles. The quantitative estimate of drug-likeness (QED) is 0.899. The molecule has 132 valence electrons. The van der Waals surface area contributed by atoms with E-state index >= 15 is 0 Å². The summed E-state index contributed by atoms with van der Waals surface area (Å²) in [5.41, 5.74) is 1.67. The fourth-order valence-electron chi connectivity index (χ4n) is 3.77. The number of piperidine rings is 1. The van der Waals surface area contributed by atoms with Crippen LogP contribution in [0.3, 0.4) is 0 Å². The zero-order chi connectivity index (χ0) is 17.2. The first kappa shape index (κ1) is 16.5. The van der Waals surface area contributed by atoms with Crippen molar-refractivity contribution < 1.29 is 9.59 Å². The van der Waals surface area contributed by atoms with E-state index < -0.39 is 0 Å². The van der Waals surface area contributed by atoms with Gasteiger partial charge in [0.1, 0.15) is 0 Å². The van der Waals surface area contributed by atoms with Gasteiger partial charge in [-0.2, -0.15) is 11.8 Å². The van der Waals surface area contributed by atoms with Crippen molar-refractivity contribution in [3.63, 3.8) is 0 Å². The molecule has 1 unspecified atom stereocenters. The van der Waals surface area contributed by atoms with Gasteiger partial charge >= 0.3 is 0 Å². The summed E-state index contributed by atoms with van der Waals surface area (Å²) >= 11 is 1.91. The minimum atomic E-state index is -0.0463. The number of hydrogen-bond donors (Lipinski definition) is 1. The molecule has 4 rings (SSSR count). The van der Waals surface area contributed by atoms with Crippen molar-refractivity contribution in [2.45, 2.75) is 12.8 Å². The Balaban J connectivity index is 1.46. The molecule has 0 spiro atoms. The number of benzene rings is 1. The number of fused-ring (bicyclic) bond motifs is 1. The molecule has 2 aliphatic rings. The molecule has 0 aliphatic carbocycles. The van der Waals surface area contributed by atoms with E-state index in [0.717, 1.165) is 54.9 Å². The maximum atomic E-state index is 12.9. The summed E-state index contributed by atoms with van der Waals surface area (Å²) in [6, 6.07) is 7.75. The van der Waals surface area contributed by atoms with Crippen LogP contribution in [-0.4, -0.2) is 64.3 Å². The fraction of sp³-hybridized carbons (Fsp3) is 0.474. The summed E-state index contributed by atoms with van der Waals surface area (Å²) in [6.07, 6.45) is 3.67. The van der Waals surface area contributed by atoms with Crippen LogP contribution in [0.2, 0.25) is 0 Å². The number of likely N-dealkylation sites (tertiary alicyclic amines) is 1. The smallest absolute Gasteiger partial charge is 0.253 e. The first-order valence-electron chi connectivity index (χ1n) is 8.95. The lowest BCUT2D eigenvalue weighted by atomic mass is 9.95. The number of aromatic amines is 1. The molecule has 25 heavy (non-hydrogen) atoms. The monoisotopic (exact) mass is 357 g/mol. The van der Waals surface area contributed by atoms with E-state index in [0.29, 0.717) is 12.1 Å². The van der Waals surface area contributed by atoms with Crippen molar-refractivity contribution in [1.29, 1.82) is 0 Å². The van der Waals surface area contributed by atoms with E-state index in [1.54, 1.807) is 0 Å². The molecule has 5 nitrogen and oxygen atoms in total. The predicted octanol–water partition coefficient (Wildman–Crippen LogP) is 2.60. The number of rotatable bonds is 2. The molecule has 2 saturated heterocycles. The zero-order valence-corrected chi connectivity index (χ0v) is 15.1. The largest absolute Gasteiger partial charge is 0.361 e. The van der Waals surface area contributed by atoms with Crippen LogP contribution >= 0.6 is 11.8 Å². The van der Waals surface area contributed by atoms with Gasteiger partial charge in [-0.15, -0.1) is 0 Å². The Bertz CT molecular complexity index is 782. The van der Waals surface area contributed by atoms with Crippen LogP contribution in [0.5, 0.6) is 0 Å². The summed E-state index contributed by atoms with van der Waals surface area (Å²) < 4.78 is 0. The molecule has 2 amide bonds. The number of thioether (sulfide) groups is 1. The fourth-order valence-corrected chi connectivity index (χ4v) is 4.67. The minimum Gasteiger partial charge on any atom is -0.361 e. The second-order valence-electron chi connectivity index (χ2n) is 6.81. The highest BCUT2D eigenvalue weighted by molar-refractivity contribution is 7.99. The standard InChI is InChI=1S/C19H23N3O2S/c23-18(15-4-3-14-5-6-20-17(14)12-15)22-7-1-2-16(13-22)19(24)21-8-10-25-11-9-21/h3-6,12,16,20H,1-2,7-11,13H2. The van der Waals surface area contributed by atoms with E-state index in [9.17, 15) is 9.59 Å². The third-order valence-corrected chi connectivity index (χ3v) is 6.13. The Kier molecular flexibility index (Phi) is 4.70. The Hall–Kier alpha value is -1.95. The second kappa shape index (κ2) is 7.12. The molecule has 3 heterocycles. The van der Waals surface area contributed by atoms with Crippen molar-refractivity contribution in [2.24, 2.45) is 5.92 Å². The van der Waals surface area contributed by atoms with E-state index in [1.807, 2.05) is 52.0 Å². The molecule has 2 aliphatic heterocycles. The third kappa shape index (κ3) is 3.40. The van der Waals surface area contributed by atoms with E-state index in [-0.39, 0.29) is 17.7 Å². The normalized spacial score (nSPS) is 21.5. The maximum absolute atomic E-state index is 12.9. The molecule has 6 heteroatoms. The number of nitrogens with zero attached hydrogens (tertiary/aromatic N) is 2. The third-order valence-electron chi connectivity index (χ3n) is 5.18. The van der Waals surface area contributed by atoms with Crippen molar-refractivity contribution in [3.05, 3.63) is 36.0 Å². The van der Waals surface area contributed by atoms with Gasteiger partial charge in [-0.3, -0.25) is 9.59 Å². The second-order valence-corrected chi connectivity index (χ2v) is 8.03. The van der Waals surface area contributed by atoms with Crippen LogP contribution in [0.4, 0.5) is 0 Å². The van der Waals surface area contributed by atoms with Gasteiger partial charge in [0.15, 0.2) is 0 Å². The Morgan fingerprint density at radius 3 is 2.76 bits per heavy atom. The molecule has 1 atom stereocenters.